The van der Waals surface area contributed by atoms with Gasteiger partial charge in [0.15, 0.2) is 0 Å². The van der Waals surface area contributed by atoms with Gasteiger partial charge in [0.05, 0.1) is 17.7 Å². The van der Waals surface area contributed by atoms with E-state index >= 15 is 0 Å². The number of hydrogen-bond acceptors (Lipinski definition) is 3. The Labute approximate surface area is 130 Å². The average Bonchev–Trinajstić information content (AvgIpc) is 2.70. The molecular formula is C13H14ClFN4O3. The molecule has 1 fully saturated rings. The second-order valence-electron chi connectivity index (χ2n) is 4.87. The molecule has 2 atom stereocenters. The van der Waals surface area contributed by atoms with Crippen LogP contribution in [0, 0.1) is 11.7 Å². The van der Waals surface area contributed by atoms with Crippen molar-refractivity contribution >= 4 is 17.7 Å². The summed E-state index contributed by atoms with van der Waals surface area (Å²) in [5.41, 5.74) is 9.02. The highest BCUT2D eigenvalue weighted by molar-refractivity contribution is 6.30. The fourth-order valence-corrected chi connectivity index (χ4v) is 2.54. The summed E-state index contributed by atoms with van der Waals surface area (Å²) in [5, 5.41) is 12.6. The van der Waals surface area contributed by atoms with E-state index in [4.69, 9.17) is 27.0 Å². The zero-order chi connectivity index (χ0) is 16.1. The first-order chi connectivity index (χ1) is 10.5. The van der Waals surface area contributed by atoms with Gasteiger partial charge >= 0.3 is 6.09 Å². The van der Waals surface area contributed by atoms with Gasteiger partial charge < -0.3 is 14.7 Å². The van der Waals surface area contributed by atoms with Crippen LogP contribution in [0.15, 0.2) is 23.3 Å². The lowest BCUT2D eigenvalue weighted by Gasteiger charge is -2.25. The minimum Gasteiger partial charge on any atom is -0.465 e. The lowest BCUT2D eigenvalue weighted by Crippen LogP contribution is -2.35. The Balaban J connectivity index is 2.30. The summed E-state index contributed by atoms with van der Waals surface area (Å²) in [4.78, 5) is 15.1. The third-order valence-corrected chi connectivity index (χ3v) is 3.77. The van der Waals surface area contributed by atoms with E-state index < -0.39 is 23.9 Å². The number of rotatable bonds is 3. The SMILES string of the molecule is [N-]=[N+]=NC[C@@H]1CN(C(=O)O)CCO[C@H]1c1ccc(Cl)c(F)c1. The van der Waals surface area contributed by atoms with E-state index in [2.05, 4.69) is 10.0 Å². The van der Waals surface area contributed by atoms with Crippen molar-refractivity contribution in [3.8, 4) is 0 Å². The van der Waals surface area contributed by atoms with Gasteiger partial charge in [-0.15, -0.1) is 0 Å². The third kappa shape index (κ3) is 3.79. The van der Waals surface area contributed by atoms with Gasteiger partial charge in [-0.05, 0) is 23.2 Å². The third-order valence-electron chi connectivity index (χ3n) is 3.46. The summed E-state index contributed by atoms with van der Waals surface area (Å²) in [6.07, 6.45) is -1.64. The smallest absolute Gasteiger partial charge is 0.407 e. The molecule has 1 N–H and O–H groups in total. The highest BCUT2D eigenvalue weighted by Gasteiger charge is 2.31. The van der Waals surface area contributed by atoms with E-state index in [-0.39, 0.29) is 31.3 Å². The molecule has 1 aliphatic heterocycles. The lowest BCUT2D eigenvalue weighted by molar-refractivity contribution is 0.0329. The topological polar surface area (TPSA) is 98.5 Å². The molecule has 22 heavy (non-hydrogen) atoms. The predicted octanol–water partition coefficient (Wildman–Crippen LogP) is 3.46. The average molecular weight is 329 g/mol. The van der Waals surface area contributed by atoms with Crippen molar-refractivity contribution in [3.05, 3.63) is 45.0 Å². The molecular weight excluding hydrogens is 315 g/mol. The van der Waals surface area contributed by atoms with Crippen LogP contribution in [-0.4, -0.2) is 42.3 Å². The van der Waals surface area contributed by atoms with Gasteiger partial charge in [0.2, 0.25) is 0 Å². The second-order valence-corrected chi connectivity index (χ2v) is 5.27. The van der Waals surface area contributed by atoms with Gasteiger partial charge in [-0.2, -0.15) is 0 Å². The number of amides is 1. The highest BCUT2D eigenvalue weighted by Crippen LogP contribution is 2.31. The Morgan fingerprint density at radius 1 is 1.64 bits per heavy atom. The molecule has 1 amide bonds. The number of nitrogens with zero attached hydrogens (tertiary/aromatic N) is 4. The van der Waals surface area contributed by atoms with Crippen molar-refractivity contribution in [2.24, 2.45) is 11.0 Å². The Bertz CT molecular complexity index is 609. The Morgan fingerprint density at radius 2 is 2.41 bits per heavy atom. The molecule has 0 spiro atoms. The van der Waals surface area contributed by atoms with Crippen LogP contribution < -0.4 is 0 Å². The molecule has 1 aromatic carbocycles. The van der Waals surface area contributed by atoms with Crippen LogP contribution >= 0.6 is 11.6 Å². The van der Waals surface area contributed by atoms with Crippen molar-refractivity contribution in [2.45, 2.75) is 6.10 Å². The van der Waals surface area contributed by atoms with Gasteiger partial charge in [0.1, 0.15) is 5.82 Å². The molecule has 0 aromatic heterocycles. The van der Waals surface area contributed by atoms with Crippen LogP contribution in [0.5, 0.6) is 0 Å². The summed E-state index contributed by atoms with van der Waals surface area (Å²) in [7, 11) is 0. The maximum atomic E-state index is 13.6. The number of carboxylic acid groups (broad SMARTS) is 1. The first-order valence-corrected chi connectivity index (χ1v) is 6.96. The fraction of sp³-hybridized carbons (Fsp3) is 0.462. The first kappa shape index (κ1) is 16.4. The summed E-state index contributed by atoms with van der Waals surface area (Å²) < 4.78 is 19.3. The van der Waals surface area contributed by atoms with Gasteiger partial charge in [-0.25, -0.2) is 9.18 Å². The van der Waals surface area contributed by atoms with E-state index in [1.807, 2.05) is 0 Å². The van der Waals surface area contributed by atoms with Gasteiger partial charge in [-0.3, -0.25) is 0 Å². The van der Waals surface area contributed by atoms with E-state index in [9.17, 15) is 9.18 Å². The molecule has 1 aliphatic rings. The summed E-state index contributed by atoms with van der Waals surface area (Å²) in [5.74, 6) is -0.986. The van der Waals surface area contributed by atoms with Crippen LogP contribution in [0.2, 0.25) is 5.02 Å². The molecule has 9 heteroatoms. The maximum absolute atomic E-state index is 13.6. The lowest BCUT2D eigenvalue weighted by atomic mass is 9.95. The first-order valence-electron chi connectivity index (χ1n) is 6.58. The monoisotopic (exact) mass is 328 g/mol. The number of carbonyl (C=O) groups is 1. The van der Waals surface area contributed by atoms with Gasteiger partial charge in [-0.1, -0.05) is 22.8 Å². The minimum absolute atomic E-state index is 0.00358. The molecule has 0 bridgehead atoms. The van der Waals surface area contributed by atoms with Crippen molar-refractivity contribution in [2.75, 3.05) is 26.2 Å². The molecule has 1 heterocycles. The number of halogens is 2. The van der Waals surface area contributed by atoms with Crippen LogP contribution in [0.25, 0.3) is 10.4 Å². The van der Waals surface area contributed by atoms with Gasteiger partial charge in [0.25, 0.3) is 0 Å². The van der Waals surface area contributed by atoms with E-state index in [0.29, 0.717) is 5.56 Å². The van der Waals surface area contributed by atoms with Crippen molar-refractivity contribution in [1.29, 1.82) is 0 Å². The molecule has 0 saturated carbocycles. The van der Waals surface area contributed by atoms with Crippen molar-refractivity contribution in [3.63, 3.8) is 0 Å². The number of azide groups is 1. The molecule has 1 aromatic rings. The Morgan fingerprint density at radius 3 is 3.05 bits per heavy atom. The molecule has 0 aliphatic carbocycles. The van der Waals surface area contributed by atoms with Crippen molar-refractivity contribution < 1.29 is 19.0 Å². The van der Waals surface area contributed by atoms with E-state index in [0.717, 1.165) is 0 Å². The molecule has 2 rings (SSSR count). The van der Waals surface area contributed by atoms with Crippen LogP contribution in [0.1, 0.15) is 11.7 Å². The standard InChI is InChI=1S/C13H14ClFN4O3/c14-10-2-1-8(5-11(10)15)12-9(6-17-18-16)7-19(13(20)21)3-4-22-12/h1-2,5,9,12H,3-4,6-7H2,(H,20,21)/t9-,12+/m1/s1. The van der Waals surface area contributed by atoms with Crippen LogP contribution in [0.4, 0.5) is 9.18 Å². The minimum atomic E-state index is -1.07. The fourth-order valence-electron chi connectivity index (χ4n) is 2.42. The summed E-state index contributed by atoms with van der Waals surface area (Å²) in [6.45, 7) is 0.571. The summed E-state index contributed by atoms with van der Waals surface area (Å²) >= 11 is 5.67. The highest BCUT2D eigenvalue weighted by atomic mass is 35.5. The quantitative estimate of drug-likeness (QED) is 0.522. The Kier molecular flexibility index (Phi) is 5.43. The molecule has 0 unspecified atom stereocenters. The van der Waals surface area contributed by atoms with E-state index in [1.165, 1.54) is 17.0 Å². The van der Waals surface area contributed by atoms with E-state index in [1.54, 1.807) is 6.07 Å². The van der Waals surface area contributed by atoms with Crippen LogP contribution in [0.3, 0.4) is 0 Å². The van der Waals surface area contributed by atoms with Gasteiger partial charge in [0, 0.05) is 30.5 Å². The zero-order valence-electron chi connectivity index (χ0n) is 11.5. The van der Waals surface area contributed by atoms with Crippen LogP contribution in [-0.2, 0) is 4.74 Å². The molecule has 0 radical (unpaired) electrons. The molecule has 7 nitrogen and oxygen atoms in total. The molecule has 1 saturated heterocycles. The number of ether oxygens (including phenoxy) is 1. The van der Waals surface area contributed by atoms with Crippen molar-refractivity contribution in [1.82, 2.24) is 4.90 Å². The zero-order valence-corrected chi connectivity index (χ0v) is 12.3. The Hall–Kier alpha value is -2.02. The number of benzene rings is 1. The summed E-state index contributed by atoms with van der Waals surface area (Å²) in [6, 6.07) is 4.29. The molecule has 118 valence electrons. The predicted molar refractivity (Wildman–Crippen MR) is 77.2 cm³/mol. The largest absolute Gasteiger partial charge is 0.465 e. The number of hydrogen-bond donors (Lipinski definition) is 1. The maximum Gasteiger partial charge on any atom is 0.407 e. The normalized spacial score (nSPS) is 21.8. The second kappa shape index (κ2) is 7.31.